The zero-order valence-electron chi connectivity index (χ0n) is 45.2. The molecule has 5 aliphatic heterocycles. The summed E-state index contributed by atoms with van der Waals surface area (Å²) in [6.07, 6.45) is 3.09. The molecule has 3 unspecified atom stereocenters. The molecule has 4 fully saturated rings. The van der Waals surface area contributed by atoms with E-state index >= 15 is 0 Å². The smallest absolute Gasteiger partial charge is 0.370 e. The molecule has 5 aliphatic rings. The second-order valence-electron chi connectivity index (χ2n) is 21.8. The Labute approximate surface area is 479 Å². The van der Waals surface area contributed by atoms with Crippen LogP contribution in [-0.4, -0.2) is 152 Å². The minimum absolute atomic E-state index is 0.0129. The molecule has 0 aliphatic carbocycles. The van der Waals surface area contributed by atoms with Gasteiger partial charge in [-0.05, 0) is 130 Å². The molecule has 26 heteroatoms. The number of hydrogen-bond acceptors (Lipinski definition) is 12. The molecule has 0 saturated carbocycles. The molecule has 0 spiro atoms. The first kappa shape index (κ1) is 60.1. The number of nitrogens with two attached hydrogens (primary N) is 1. The van der Waals surface area contributed by atoms with Gasteiger partial charge in [0.15, 0.2) is 0 Å². The van der Waals surface area contributed by atoms with Crippen molar-refractivity contribution < 1.29 is 70.7 Å². The minimum atomic E-state index is -5.88. The van der Waals surface area contributed by atoms with Gasteiger partial charge in [0, 0.05) is 79.3 Å². The van der Waals surface area contributed by atoms with Gasteiger partial charge in [-0.2, -0.15) is 8.78 Å². The maximum Gasteiger partial charge on any atom is 0.399 e. The van der Waals surface area contributed by atoms with E-state index in [-0.39, 0.29) is 79.6 Å². The number of nitrogens with one attached hydrogen (secondary N) is 4. The number of fused-ring (bicyclic) bond motifs is 3. The Hall–Kier alpha value is -7.49. The van der Waals surface area contributed by atoms with Crippen molar-refractivity contribution in [3.63, 3.8) is 0 Å². The first-order chi connectivity index (χ1) is 39.4. The van der Waals surface area contributed by atoms with Crippen molar-refractivity contribution in [2.75, 3.05) is 33.2 Å². The number of amides is 9. The van der Waals surface area contributed by atoms with E-state index in [9.17, 15) is 70.7 Å². The summed E-state index contributed by atoms with van der Waals surface area (Å²) >= 11 is 0.907. The predicted octanol–water partition coefficient (Wildman–Crippen LogP) is 3.37. The average Bonchev–Trinajstić information content (AvgIpc) is 3.48. The third-order valence-corrected chi connectivity index (χ3v) is 18.2. The van der Waals surface area contributed by atoms with Crippen LogP contribution in [0.1, 0.15) is 113 Å². The zero-order valence-corrected chi connectivity index (χ0v) is 47.0. The lowest BCUT2D eigenvalue weighted by atomic mass is 9.91. The summed E-state index contributed by atoms with van der Waals surface area (Å²) in [6, 6.07) is 8.78. The fourth-order valence-corrected chi connectivity index (χ4v) is 13.1. The van der Waals surface area contributed by atoms with Crippen LogP contribution in [-0.2, 0) is 56.8 Å². The summed E-state index contributed by atoms with van der Waals surface area (Å²) in [5.41, 5.74) is 2.36. The van der Waals surface area contributed by atoms with E-state index in [2.05, 4.69) is 33.1 Å². The molecular formula is C57H63F3N9O12PS. The van der Waals surface area contributed by atoms with Crippen LogP contribution in [0.4, 0.5) is 13.2 Å². The van der Waals surface area contributed by atoms with Crippen LogP contribution in [0.2, 0.25) is 0 Å². The topological polar surface area (TPSA) is 298 Å². The fraction of sp³-hybridized carbons (Fsp3) is 0.456. The third-order valence-electron chi connectivity index (χ3n) is 16.1. The van der Waals surface area contributed by atoms with Gasteiger partial charge in [-0.15, -0.1) is 11.3 Å². The Kier molecular flexibility index (Phi) is 18.2. The summed E-state index contributed by atoms with van der Waals surface area (Å²) < 4.78 is 55.6. The molecule has 9 rings (SSSR count). The van der Waals surface area contributed by atoms with Crippen LogP contribution in [0.3, 0.4) is 0 Å². The number of carbonyl (C=O) groups excluding carboxylic acids is 9. The van der Waals surface area contributed by atoms with Crippen LogP contribution in [0, 0.1) is 23.6 Å². The van der Waals surface area contributed by atoms with Crippen molar-refractivity contribution in [3.05, 3.63) is 105 Å². The SMILES string of the molecule is CN1CC[C@H]2CC[C@@H](C(=O)NC(CCC(N)=O)C(=O)NC(Cc3cccc(F)c3)C(=O)N3CCC(CCC#Cc4cccc5c4CN(C4CCC(=O)NC4=O)C5=O)CC3)N2C(=O)[C@@H](NC(=O)c2cc3cc(C(F)(F)P(=O)(O)O)ccc3s2)C1. The van der Waals surface area contributed by atoms with Crippen molar-refractivity contribution in [1.29, 1.82) is 0 Å². The number of likely N-dealkylation sites (tertiary alicyclic amines) is 1. The summed E-state index contributed by atoms with van der Waals surface area (Å²) in [7, 11) is -4.12. The van der Waals surface area contributed by atoms with Crippen LogP contribution in [0.15, 0.2) is 66.7 Å². The largest absolute Gasteiger partial charge is 0.399 e. The van der Waals surface area contributed by atoms with Gasteiger partial charge in [-0.3, -0.25) is 53.0 Å². The fourth-order valence-electron chi connectivity index (χ4n) is 11.6. The third kappa shape index (κ3) is 13.6. The number of likely N-dealkylation sites (N-methyl/N-ethyl adjacent to an activating group) is 1. The van der Waals surface area contributed by atoms with E-state index in [0.717, 1.165) is 29.0 Å². The van der Waals surface area contributed by atoms with Gasteiger partial charge in [0.2, 0.25) is 41.4 Å². The lowest BCUT2D eigenvalue weighted by Crippen LogP contribution is -2.61. The van der Waals surface area contributed by atoms with Crippen molar-refractivity contribution >= 4 is 82.2 Å². The molecule has 4 aromatic rings. The predicted molar refractivity (Wildman–Crippen MR) is 295 cm³/mol. The Balaban J connectivity index is 0.842. The monoisotopic (exact) mass is 1190 g/mol. The molecule has 0 bridgehead atoms. The van der Waals surface area contributed by atoms with E-state index in [0.29, 0.717) is 79.5 Å². The molecule has 83 heavy (non-hydrogen) atoms. The number of halogens is 3. The Morgan fingerprint density at radius 3 is 2.40 bits per heavy atom. The molecule has 1 aromatic heterocycles. The normalized spacial score (nSPS) is 21.4. The molecule has 6 heterocycles. The van der Waals surface area contributed by atoms with Gasteiger partial charge in [0.25, 0.3) is 11.8 Å². The summed E-state index contributed by atoms with van der Waals surface area (Å²) in [5, 5.41) is 10.6. The molecule has 6 atom stereocenters. The molecule has 3 aromatic carbocycles. The second-order valence-corrected chi connectivity index (χ2v) is 24.6. The van der Waals surface area contributed by atoms with E-state index in [1.165, 1.54) is 40.1 Å². The summed E-state index contributed by atoms with van der Waals surface area (Å²) in [5.74, 6) is 0.733. The molecule has 4 saturated heterocycles. The van der Waals surface area contributed by atoms with Crippen molar-refractivity contribution in [2.24, 2.45) is 11.7 Å². The number of imide groups is 1. The number of primary amides is 1. The second kappa shape index (κ2) is 25.2. The van der Waals surface area contributed by atoms with Crippen LogP contribution >= 0.6 is 18.9 Å². The standard InChI is InChI=1S/C57H63F3N9O12PS/c1-66-23-22-38-13-15-45(69(38)56(78)43(31-66)64-53(75)47-29-35-28-36(12-17-46(35)83-47)57(59,60)82(79,80)81)52(74)62-41(14-18-48(61)70)50(72)63-42(27-33-7-4-10-37(58)26-33)55(77)67-24-20-32(21-25-67)6-2-3-8-34-9-5-11-39-40(34)30-68(54(39)76)44-16-19-49(71)65-51(44)73/h4-5,7,9-12,17,26,28-29,32,38,41-45H,2,6,13-16,18-25,27,30-31H2,1H3,(H2,61,70)(H,62,74)(H,63,72)(H,64,75)(H,65,71,73)(H2,79,80,81)/t38-,41?,42?,43+,44?,45+/m1/s1. The highest BCUT2D eigenvalue weighted by Crippen LogP contribution is 2.59. The number of nitrogens with zero attached hydrogens (tertiary/aromatic N) is 4. The van der Waals surface area contributed by atoms with E-state index < -0.39 is 102 Å². The number of hydrogen-bond donors (Lipinski definition) is 7. The maximum absolute atomic E-state index is 14.6. The Morgan fingerprint density at radius 1 is 0.916 bits per heavy atom. The molecule has 0 radical (unpaired) electrons. The van der Waals surface area contributed by atoms with E-state index in [1.54, 1.807) is 30.1 Å². The number of carbonyl (C=O) groups is 9. The van der Waals surface area contributed by atoms with Gasteiger partial charge < -0.3 is 51.1 Å². The van der Waals surface area contributed by atoms with Crippen molar-refractivity contribution in [3.8, 4) is 11.8 Å². The molecule has 8 N–H and O–H groups in total. The number of thiophene rings is 1. The van der Waals surface area contributed by atoms with Crippen LogP contribution in [0.25, 0.3) is 10.1 Å². The summed E-state index contributed by atoms with van der Waals surface area (Å²) in [4.78, 5) is 146. The maximum atomic E-state index is 14.6. The van der Waals surface area contributed by atoms with Crippen molar-refractivity contribution in [1.82, 2.24) is 40.9 Å². The van der Waals surface area contributed by atoms with Crippen molar-refractivity contribution in [2.45, 2.75) is 126 Å². The van der Waals surface area contributed by atoms with Gasteiger partial charge in [-0.25, -0.2) is 4.39 Å². The van der Waals surface area contributed by atoms with E-state index in [4.69, 9.17) is 5.73 Å². The van der Waals surface area contributed by atoms with Crippen LogP contribution < -0.4 is 27.0 Å². The summed E-state index contributed by atoms with van der Waals surface area (Å²) in [6.45, 7) is 1.33. The molecule has 21 nitrogen and oxygen atoms in total. The molecular weight excluding hydrogens is 1120 g/mol. The zero-order chi connectivity index (χ0) is 59.5. The average molecular weight is 1190 g/mol. The highest BCUT2D eigenvalue weighted by Gasteiger charge is 2.51. The first-order valence-electron chi connectivity index (χ1n) is 27.4. The highest BCUT2D eigenvalue weighted by atomic mass is 32.1. The number of piperidine rings is 2. The minimum Gasteiger partial charge on any atom is -0.370 e. The van der Waals surface area contributed by atoms with Crippen LogP contribution in [0.5, 0.6) is 0 Å². The Bertz CT molecular complexity index is 3380. The van der Waals surface area contributed by atoms with Gasteiger partial charge in [0.05, 0.1) is 4.88 Å². The van der Waals surface area contributed by atoms with E-state index in [1.807, 2.05) is 11.0 Å². The highest BCUT2D eigenvalue weighted by molar-refractivity contribution is 7.52. The first-order valence-corrected chi connectivity index (χ1v) is 29.9. The van der Waals surface area contributed by atoms with Gasteiger partial charge >= 0.3 is 13.3 Å². The number of benzene rings is 3. The van der Waals surface area contributed by atoms with Gasteiger partial charge in [0.1, 0.15) is 36.0 Å². The Morgan fingerprint density at radius 2 is 1.67 bits per heavy atom. The lowest BCUT2D eigenvalue weighted by Gasteiger charge is -2.38. The lowest BCUT2D eigenvalue weighted by molar-refractivity contribution is -0.144. The quantitative estimate of drug-likeness (QED) is 0.0454. The number of alkyl halides is 2. The molecule has 440 valence electrons. The van der Waals surface area contributed by atoms with Gasteiger partial charge in [-0.1, -0.05) is 36.1 Å². The molecule has 9 amide bonds. The number of rotatable bonds is 17.